The zero-order chi connectivity index (χ0) is 19.2. The van der Waals surface area contributed by atoms with Gasteiger partial charge in [-0.05, 0) is 64.1 Å². The lowest BCUT2D eigenvalue weighted by Crippen LogP contribution is -2.55. The van der Waals surface area contributed by atoms with Gasteiger partial charge in [-0.1, -0.05) is 12.1 Å². The van der Waals surface area contributed by atoms with E-state index in [0.717, 1.165) is 44.6 Å². The van der Waals surface area contributed by atoms with E-state index in [1.165, 1.54) is 11.1 Å². The number of likely N-dealkylation sites (tertiary alicyclic amines) is 1. The highest BCUT2D eigenvalue weighted by Crippen LogP contribution is 2.53. The van der Waals surface area contributed by atoms with Crippen LogP contribution in [0.5, 0.6) is 5.75 Å². The maximum absolute atomic E-state index is 10.8. The van der Waals surface area contributed by atoms with Gasteiger partial charge < -0.3 is 19.5 Å². The smallest absolute Gasteiger partial charge is 0.303 e. The molecule has 0 unspecified atom stereocenters. The van der Waals surface area contributed by atoms with Crippen LogP contribution < -0.4 is 4.74 Å². The van der Waals surface area contributed by atoms with E-state index in [9.17, 15) is 4.79 Å². The second-order valence-corrected chi connectivity index (χ2v) is 9.03. The van der Waals surface area contributed by atoms with Crippen LogP contribution in [0.1, 0.15) is 56.8 Å². The first kappa shape index (κ1) is 18.8. The molecule has 2 saturated heterocycles. The van der Waals surface area contributed by atoms with Crippen LogP contribution in [0, 0.1) is 18.8 Å². The van der Waals surface area contributed by atoms with Crippen LogP contribution >= 0.6 is 0 Å². The number of benzene rings is 1. The lowest BCUT2D eigenvalue weighted by atomic mass is 9.70. The summed E-state index contributed by atoms with van der Waals surface area (Å²) >= 11 is 0. The number of carboxylic acid groups (broad SMARTS) is 1. The molecule has 5 heteroatoms. The van der Waals surface area contributed by atoms with Gasteiger partial charge in [0, 0.05) is 31.0 Å². The van der Waals surface area contributed by atoms with E-state index in [1.807, 2.05) is 0 Å². The summed E-state index contributed by atoms with van der Waals surface area (Å²) in [4.78, 5) is 13.2. The first-order chi connectivity index (χ1) is 12.8. The van der Waals surface area contributed by atoms with E-state index >= 15 is 0 Å². The average Bonchev–Trinajstić information content (AvgIpc) is 2.59. The highest BCUT2D eigenvalue weighted by atomic mass is 16.5. The summed E-state index contributed by atoms with van der Waals surface area (Å²) < 4.78 is 13.1. The van der Waals surface area contributed by atoms with Crippen molar-refractivity contribution in [3.05, 3.63) is 29.3 Å². The summed E-state index contributed by atoms with van der Waals surface area (Å²) in [7, 11) is 0. The lowest BCUT2D eigenvalue weighted by molar-refractivity contribution is -0.187. The number of piperidine rings is 1. The van der Waals surface area contributed by atoms with Gasteiger partial charge in [-0.15, -0.1) is 0 Å². The Morgan fingerprint density at radius 1 is 1.37 bits per heavy atom. The van der Waals surface area contributed by atoms with Gasteiger partial charge in [-0.2, -0.15) is 0 Å². The molecule has 3 aliphatic rings. The summed E-state index contributed by atoms with van der Waals surface area (Å²) in [6, 6.07) is 6.46. The van der Waals surface area contributed by atoms with Crippen LogP contribution in [-0.4, -0.2) is 47.3 Å². The molecule has 0 spiro atoms. The molecule has 0 aliphatic carbocycles. The normalized spacial score (nSPS) is 32.0. The molecule has 0 bridgehead atoms. The van der Waals surface area contributed by atoms with Crippen molar-refractivity contribution in [2.45, 2.75) is 64.3 Å². The third-order valence-electron chi connectivity index (χ3n) is 6.60. The molecule has 4 rings (SSSR count). The summed E-state index contributed by atoms with van der Waals surface area (Å²) in [5, 5.41) is 8.86. The van der Waals surface area contributed by atoms with Crippen molar-refractivity contribution >= 4 is 5.97 Å². The highest BCUT2D eigenvalue weighted by Gasteiger charge is 2.51. The Labute approximate surface area is 161 Å². The molecule has 3 heterocycles. The molecule has 3 aliphatic heterocycles. The van der Waals surface area contributed by atoms with Gasteiger partial charge in [0.05, 0.1) is 12.2 Å². The van der Waals surface area contributed by atoms with Crippen LogP contribution in [0.15, 0.2) is 18.2 Å². The summed E-state index contributed by atoms with van der Waals surface area (Å²) in [6.45, 7) is 9.34. The van der Waals surface area contributed by atoms with Gasteiger partial charge in [-0.25, -0.2) is 0 Å². The van der Waals surface area contributed by atoms with Crippen LogP contribution in [0.4, 0.5) is 0 Å². The van der Waals surface area contributed by atoms with E-state index in [0.29, 0.717) is 17.9 Å². The minimum atomic E-state index is -0.705. The Morgan fingerprint density at radius 2 is 2.19 bits per heavy atom. The number of aliphatic carboxylic acids is 1. The van der Waals surface area contributed by atoms with Crippen molar-refractivity contribution in [1.29, 1.82) is 0 Å². The number of fused-ring (bicyclic) bond motifs is 4. The number of nitrogens with zero attached hydrogens (tertiary/aromatic N) is 1. The fourth-order valence-electron chi connectivity index (χ4n) is 5.14. The van der Waals surface area contributed by atoms with E-state index < -0.39 is 5.97 Å². The molecular weight excluding hydrogens is 342 g/mol. The molecule has 148 valence electrons. The average molecular weight is 373 g/mol. The topological polar surface area (TPSA) is 59.0 Å². The Morgan fingerprint density at radius 3 is 2.96 bits per heavy atom. The molecule has 0 amide bonds. The Hall–Kier alpha value is -1.59. The second kappa shape index (κ2) is 7.10. The first-order valence-electron chi connectivity index (χ1n) is 10.2. The molecule has 1 aromatic carbocycles. The quantitative estimate of drug-likeness (QED) is 0.870. The van der Waals surface area contributed by atoms with Crippen molar-refractivity contribution in [1.82, 2.24) is 4.90 Å². The summed E-state index contributed by atoms with van der Waals surface area (Å²) in [5.41, 5.74) is 2.17. The van der Waals surface area contributed by atoms with Gasteiger partial charge in [0.2, 0.25) is 0 Å². The van der Waals surface area contributed by atoms with Crippen molar-refractivity contribution in [2.24, 2.45) is 11.8 Å². The predicted octanol–water partition coefficient (Wildman–Crippen LogP) is 3.80. The highest BCUT2D eigenvalue weighted by molar-refractivity contribution is 5.66. The Bertz CT molecular complexity index is 716. The van der Waals surface area contributed by atoms with Gasteiger partial charge >= 0.3 is 5.97 Å². The molecule has 27 heavy (non-hydrogen) atoms. The number of carboxylic acids is 1. The number of ether oxygens (including phenoxy) is 2. The number of rotatable bonds is 4. The van der Waals surface area contributed by atoms with Crippen LogP contribution in [0.2, 0.25) is 0 Å². The van der Waals surface area contributed by atoms with Crippen molar-refractivity contribution in [3.63, 3.8) is 0 Å². The Balaban J connectivity index is 1.48. The van der Waals surface area contributed by atoms with E-state index in [-0.39, 0.29) is 18.1 Å². The van der Waals surface area contributed by atoms with Crippen LogP contribution in [-0.2, 0) is 9.53 Å². The van der Waals surface area contributed by atoms with E-state index in [4.69, 9.17) is 14.6 Å². The zero-order valence-electron chi connectivity index (χ0n) is 16.6. The van der Waals surface area contributed by atoms with Crippen molar-refractivity contribution in [2.75, 3.05) is 19.6 Å². The third kappa shape index (κ3) is 3.72. The van der Waals surface area contributed by atoms with E-state index in [1.54, 1.807) is 0 Å². The minimum Gasteiger partial charge on any atom is -0.487 e. The predicted molar refractivity (Wildman–Crippen MR) is 103 cm³/mol. The van der Waals surface area contributed by atoms with Crippen LogP contribution in [0.3, 0.4) is 0 Å². The molecule has 1 N–H and O–H groups in total. The van der Waals surface area contributed by atoms with Gasteiger partial charge in [0.1, 0.15) is 11.4 Å². The van der Waals surface area contributed by atoms with Gasteiger partial charge in [0.15, 0.2) is 0 Å². The van der Waals surface area contributed by atoms with Crippen LogP contribution in [0.25, 0.3) is 0 Å². The molecule has 1 aromatic rings. The van der Waals surface area contributed by atoms with E-state index in [2.05, 4.69) is 43.9 Å². The molecule has 0 aromatic heterocycles. The third-order valence-corrected chi connectivity index (χ3v) is 6.60. The molecule has 0 saturated carbocycles. The van der Waals surface area contributed by atoms with Gasteiger partial charge in [0.25, 0.3) is 0 Å². The second-order valence-electron chi connectivity index (χ2n) is 9.03. The van der Waals surface area contributed by atoms with Crippen molar-refractivity contribution in [3.8, 4) is 5.75 Å². The zero-order valence-corrected chi connectivity index (χ0v) is 16.6. The fourth-order valence-corrected chi connectivity index (χ4v) is 5.14. The standard InChI is InChI=1S/C22H31NO4/c1-14-6-7-16-19(11-14)27-22(2,3)17-12-15-13-23(9-4-5-20(24)25)10-8-18(15)26-21(16)17/h6-7,11,15,17-18,21H,4-5,8-10,12-13H2,1-3H3,(H,24,25)/t15-,17+,18+,21-/m0/s1. The lowest BCUT2D eigenvalue weighted by Gasteiger charge is -2.53. The Kier molecular flexibility index (Phi) is 4.93. The fraction of sp³-hybridized carbons (Fsp3) is 0.682. The molecule has 0 radical (unpaired) electrons. The molecular formula is C22H31NO4. The number of aryl methyl sites for hydroxylation is 1. The largest absolute Gasteiger partial charge is 0.487 e. The minimum absolute atomic E-state index is 0.115. The maximum Gasteiger partial charge on any atom is 0.303 e. The monoisotopic (exact) mass is 373 g/mol. The SMILES string of the molecule is Cc1ccc2c(c1)OC(C)(C)[C@@H]1C[C@H]3CN(CCCC(=O)O)CC[C@H]3O[C@@H]21. The van der Waals surface area contributed by atoms with Gasteiger partial charge in [-0.3, -0.25) is 4.79 Å². The van der Waals surface area contributed by atoms with Crippen molar-refractivity contribution < 1.29 is 19.4 Å². The first-order valence-corrected chi connectivity index (χ1v) is 10.2. The number of hydrogen-bond donors (Lipinski definition) is 1. The molecule has 2 fully saturated rings. The maximum atomic E-state index is 10.8. The number of carbonyl (C=O) groups is 1. The summed E-state index contributed by atoms with van der Waals surface area (Å²) in [5.74, 6) is 1.11. The summed E-state index contributed by atoms with van der Waals surface area (Å²) in [6.07, 6.45) is 3.52. The number of hydrogen-bond acceptors (Lipinski definition) is 4. The molecule has 4 atom stereocenters. The molecule has 5 nitrogen and oxygen atoms in total.